The van der Waals surface area contributed by atoms with Gasteiger partial charge in [-0.3, -0.25) is 0 Å². The van der Waals surface area contributed by atoms with Crippen LogP contribution in [0.25, 0.3) is 0 Å². The first kappa shape index (κ1) is 25.4. The first-order valence-corrected chi connectivity index (χ1v) is 12.0. The molecule has 2 aromatic rings. The summed E-state index contributed by atoms with van der Waals surface area (Å²) in [6.45, 7) is 8.24. The van der Waals surface area contributed by atoms with Crippen molar-refractivity contribution in [2.24, 2.45) is 5.73 Å². The Hall–Kier alpha value is -3.19. The molecule has 1 aliphatic rings. The largest absolute Gasteiger partial charge is 0.490 e. The van der Waals surface area contributed by atoms with Crippen LogP contribution in [0.4, 0.5) is 0 Å². The van der Waals surface area contributed by atoms with Gasteiger partial charge in [-0.1, -0.05) is 29.8 Å². The van der Waals surface area contributed by atoms with Gasteiger partial charge in [-0.2, -0.15) is 5.26 Å². The maximum atomic E-state index is 12.8. The molecule has 3 rings (SSSR count). The Morgan fingerprint density at radius 2 is 1.85 bits per heavy atom. The molecule has 0 bridgehead atoms. The fraction of sp³-hybridized carbons (Fsp3) is 0.308. The highest BCUT2D eigenvalue weighted by Crippen LogP contribution is 2.44. The molecule has 178 valence electrons. The molecule has 0 aromatic heterocycles. The molecule has 0 aliphatic carbocycles. The van der Waals surface area contributed by atoms with Gasteiger partial charge in [0.05, 0.1) is 28.3 Å². The molecule has 0 saturated heterocycles. The smallest absolute Gasteiger partial charge is 0.338 e. The Morgan fingerprint density at radius 1 is 1.15 bits per heavy atom. The topological polar surface area (TPSA) is 104 Å². The average Bonchev–Trinajstić information content (AvgIpc) is 2.79. The summed E-state index contributed by atoms with van der Waals surface area (Å²) in [6, 6.07) is 13.8. The lowest BCUT2D eigenvalue weighted by Gasteiger charge is -2.27. The van der Waals surface area contributed by atoms with E-state index in [2.05, 4.69) is 28.7 Å². The fourth-order valence-electron chi connectivity index (χ4n) is 3.69. The van der Waals surface area contributed by atoms with Crippen molar-refractivity contribution in [1.29, 1.82) is 5.26 Å². The zero-order chi connectivity index (χ0) is 24.8. The number of carbonyl (C=O) groups is 1. The Kier molecular flexibility index (Phi) is 8.45. The highest BCUT2D eigenvalue weighted by atomic mass is 127. The molecule has 34 heavy (non-hydrogen) atoms. The number of hydrogen-bond donors (Lipinski definition) is 1. The summed E-state index contributed by atoms with van der Waals surface area (Å²) in [4.78, 5) is 12.8. The molecular weight excluding hydrogens is 547 g/mol. The fourth-order valence-corrected chi connectivity index (χ4v) is 4.47. The molecule has 1 atom stereocenters. The first-order chi connectivity index (χ1) is 16.3. The molecule has 2 aromatic carbocycles. The van der Waals surface area contributed by atoms with E-state index < -0.39 is 11.9 Å². The number of carbonyl (C=O) groups excluding carboxylic acids is 1. The van der Waals surface area contributed by atoms with E-state index in [-0.39, 0.29) is 23.6 Å². The standard InChI is InChI=1S/C26H27IN2O5/c1-5-31-21-12-18(11-20(27)24(21)33-14-17-9-7-15(3)8-10-17)23-19(13-28)25(29)34-16(4)22(23)26(30)32-6-2/h7-12,23H,5-6,14,29H2,1-4H3. The molecule has 1 aliphatic heterocycles. The van der Waals surface area contributed by atoms with Gasteiger partial charge >= 0.3 is 5.97 Å². The van der Waals surface area contributed by atoms with E-state index in [0.29, 0.717) is 36.0 Å². The lowest BCUT2D eigenvalue weighted by molar-refractivity contribution is -0.139. The summed E-state index contributed by atoms with van der Waals surface area (Å²) in [5, 5.41) is 9.83. The van der Waals surface area contributed by atoms with Gasteiger partial charge in [0.25, 0.3) is 0 Å². The molecule has 0 amide bonds. The van der Waals surface area contributed by atoms with Crippen LogP contribution in [0.15, 0.2) is 59.2 Å². The predicted molar refractivity (Wildman–Crippen MR) is 136 cm³/mol. The highest BCUT2D eigenvalue weighted by Gasteiger charge is 2.37. The predicted octanol–water partition coefficient (Wildman–Crippen LogP) is 5.22. The van der Waals surface area contributed by atoms with E-state index in [4.69, 9.17) is 24.7 Å². The number of aryl methyl sites for hydroxylation is 1. The number of rotatable bonds is 8. The second-order valence-corrected chi connectivity index (χ2v) is 8.81. The van der Waals surface area contributed by atoms with Crippen molar-refractivity contribution in [2.75, 3.05) is 13.2 Å². The van der Waals surface area contributed by atoms with Crippen molar-refractivity contribution in [3.05, 3.63) is 79.4 Å². The summed E-state index contributed by atoms with van der Waals surface area (Å²) in [5.41, 5.74) is 9.26. The van der Waals surface area contributed by atoms with Crippen molar-refractivity contribution in [3.8, 4) is 17.6 Å². The summed E-state index contributed by atoms with van der Waals surface area (Å²) < 4.78 is 23.6. The van der Waals surface area contributed by atoms with Crippen LogP contribution in [0, 0.1) is 21.8 Å². The van der Waals surface area contributed by atoms with E-state index in [0.717, 1.165) is 9.13 Å². The van der Waals surface area contributed by atoms with Crippen LogP contribution >= 0.6 is 22.6 Å². The Labute approximate surface area is 213 Å². The molecule has 7 nitrogen and oxygen atoms in total. The summed E-state index contributed by atoms with van der Waals surface area (Å²) in [7, 11) is 0. The van der Waals surface area contributed by atoms with Crippen molar-refractivity contribution >= 4 is 28.6 Å². The molecule has 0 saturated carbocycles. The summed E-state index contributed by atoms with van der Waals surface area (Å²) in [6.07, 6.45) is 0. The van der Waals surface area contributed by atoms with Gasteiger partial charge in [-0.05, 0) is 73.5 Å². The van der Waals surface area contributed by atoms with Crippen molar-refractivity contribution in [3.63, 3.8) is 0 Å². The quantitative estimate of drug-likeness (QED) is 0.341. The third kappa shape index (κ3) is 5.47. The van der Waals surface area contributed by atoms with E-state index in [1.165, 1.54) is 5.56 Å². The number of benzene rings is 2. The second-order valence-electron chi connectivity index (χ2n) is 7.65. The number of nitrogens with zero attached hydrogens (tertiary/aromatic N) is 1. The molecule has 2 N–H and O–H groups in total. The van der Waals surface area contributed by atoms with Crippen LogP contribution in [0.3, 0.4) is 0 Å². The minimum absolute atomic E-state index is 0.0364. The average molecular weight is 574 g/mol. The molecule has 0 spiro atoms. The van der Waals surface area contributed by atoms with Crippen LogP contribution < -0.4 is 15.2 Å². The van der Waals surface area contributed by atoms with Gasteiger partial charge in [0.1, 0.15) is 24.0 Å². The second kappa shape index (κ2) is 11.3. The molecular formula is C26H27IN2O5. The van der Waals surface area contributed by atoms with E-state index in [1.54, 1.807) is 19.9 Å². The third-order valence-electron chi connectivity index (χ3n) is 5.27. The van der Waals surface area contributed by atoms with Gasteiger partial charge in [0, 0.05) is 0 Å². The highest BCUT2D eigenvalue weighted by molar-refractivity contribution is 14.1. The van der Waals surface area contributed by atoms with Crippen LogP contribution in [0.1, 0.15) is 43.4 Å². The Morgan fingerprint density at radius 3 is 2.47 bits per heavy atom. The number of ether oxygens (including phenoxy) is 4. The zero-order valence-corrected chi connectivity index (χ0v) is 21.8. The Balaban J connectivity index is 2.06. The van der Waals surface area contributed by atoms with E-state index in [9.17, 15) is 10.1 Å². The number of nitrogens with two attached hydrogens (primary N) is 1. The van der Waals surface area contributed by atoms with Crippen molar-refractivity contribution in [1.82, 2.24) is 0 Å². The molecule has 0 fully saturated rings. The third-order valence-corrected chi connectivity index (χ3v) is 6.07. The number of esters is 1. The maximum absolute atomic E-state index is 12.8. The van der Waals surface area contributed by atoms with Gasteiger partial charge in [0.15, 0.2) is 11.5 Å². The lowest BCUT2D eigenvalue weighted by atomic mass is 9.83. The molecule has 8 heteroatoms. The van der Waals surface area contributed by atoms with Crippen LogP contribution in [0.5, 0.6) is 11.5 Å². The van der Waals surface area contributed by atoms with Gasteiger partial charge in [0.2, 0.25) is 5.88 Å². The van der Waals surface area contributed by atoms with Crippen molar-refractivity contribution < 1.29 is 23.7 Å². The maximum Gasteiger partial charge on any atom is 0.338 e. The SMILES string of the molecule is CCOC(=O)C1=C(C)OC(N)=C(C#N)C1c1cc(I)c(OCc2ccc(C)cc2)c(OCC)c1. The minimum Gasteiger partial charge on any atom is -0.490 e. The number of hydrogen-bond acceptors (Lipinski definition) is 7. The Bertz CT molecular complexity index is 1180. The van der Waals surface area contributed by atoms with Crippen LogP contribution in [-0.2, 0) is 20.9 Å². The minimum atomic E-state index is -0.753. The van der Waals surface area contributed by atoms with Crippen molar-refractivity contribution in [2.45, 2.75) is 40.2 Å². The lowest BCUT2D eigenvalue weighted by Crippen LogP contribution is -2.25. The van der Waals surface area contributed by atoms with Crippen LogP contribution in [-0.4, -0.2) is 19.2 Å². The molecule has 0 radical (unpaired) electrons. The first-order valence-electron chi connectivity index (χ1n) is 10.9. The molecule has 1 heterocycles. The normalized spacial score (nSPS) is 15.5. The summed E-state index contributed by atoms with van der Waals surface area (Å²) >= 11 is 2.17. The monoisotopic (exact) mass is 574 g/mol. The number of nitriles is 1. The van der Waals surface area contributed by atoms with Crippen LogP contribution in [0.2, 0.25) is 0 Å². The zero-order valence-electron chi connectivity index (χ0n) is 19.6. The van der Waals surface area contributed by atoms with Gasteiger partial charge in [-0.25, -0.2) is 4.79 Å². The van der Waals surface area contributed by atoms with E-state index in [1.807, 2.05) is 44.2 Å². The number of allylic oxidation sites excluding steroid dienone is 2. The summed E-state index contributed by atoms with van der Waals surface area (Å²) in [5.74, 6) is 0.0559. The van der Waals surface area contributed by atoms with E-state index >= 15 is 0 Å². The molecule has 1 unspecified atom stereocenters. The number of halogens is 1. The van der Waals surface area contributed by atoms with Gasteiger partial charge < -0.3 is 24.7 Å². The van der Waals surface area contributed by atoms with Gasteiger partial charge in [-0.15, -0.1) is 0 Å².